The van der Waals surface area contributed by atoms with E-state index in [9.17, 15) is 14.4 Å². The van der Waals surface area contributed by atoms with E-state index in [4.69, 9.17) is 0 Å². The third kappa shape index (κ3) is 5.20. The molecule has 0 aliphatic carbocycles. The lowest BCUT2D eigenvalue weighted by molar-refractivity contribution is -0.119. The maximum Gasteiger partial charge on any atom is 0.267 e. The Bertz CT molecular complexity index is 1120. The Hall–Kier alpha value is -3.74. The van der Waals surface area contributed by atoms with Crippen molar-refractivity contribution in [2.24, 2.45) is 5.92 Å². The van der Waals surface area contributed by atoms with Crippen molar-refractivity contribution < 1.29 is 9.59 Å². The average molecular weight is 404 g/mol. The van der Waals surface area contributed by atoms with Crippen LogP contribution in [0.4, 0.5) is 11.4 Å². The van der Waals surface area contributed by atoms with Crippen LogP contribution in [0.25, 0.3) is 11.3 Å². The molecule has 1 heterocycles. The summed E-state index contributed by atoms with van der Waals surface area (Å²) in [6.45, 7) is 5.24. The minimum absolute atomic E-state index is 0.107. The molecule has 0 aliphatic rings. The van der Waals surface area contributed by atoms with Crippen LogP contribution in [0, 0.1) is 12.8 Å². The van der Waals surface area contributed by atoms with Gasteiger partial charge in [-0.1, -0.05) is 50.2 Å². The maximum atomic E-state index is 12.6. The number of hydrogen-bond acceptors (Lipinski definition) is 4. The average Bonchev–Trinajstić information content (AvgIpc) is 2.72. The van der Waals surface area contributed by atoms with Crippen molar-refractivity contribution in [3.63, 3.8) is 0 Å². The lowest BCUT2D eigenvalue weighted by Gasteiger charge is -2.13. The SMILES string of the molecule is Cc1ccc(NC(=O)C(C)C)cc1NC(=O)Cn1nc(-c2ccccc2)ccc1=O. The van der Waals surface area contributed by atoms with E-state index in [1.165, 1.54) is 6.07 Å². The summed E-state index contributed by atoms with van der Waals surface area (Å²) in [6, 6.07) is 17.8. The van der Waals surface area contributed by atoms with Crippen LogP contribution in [0.15, 0.2) is 65.5 Å². The zero-order valence-corrected chi connectivity index (χ0v) is 17.2. The predicted octanol–water partition coefficient (Wildman–Crippen LogP) is 3.45. The summed E-state index contributed by atoms with van der Waals surface area (Å²) in [5.41, 5.74) is 3.10. The second kappa shape index (κ2) is 9.17. The topological polar surface area (TPSA) is 93.1 Å². The summed E-state index contributed by atoms with van der Waals surface area (Å²) in [6.07, 6.45) is 0. The fourth-order valence-electron chi connectivity index (χ4n) is 2.77. The van der Waals surface area contributed by atoms with Crippen molar-refractivity contribution >= 4 is 23.2 Å². The molecule has 0 aliphatic heterocycles. The normalized spacial score (nSPS) is 10.7. The summed E-state index contributed by atoms with van der Waals surface area (Å²) in [5, 5.41) is 9.92. The van der Waals surface area contributed by atoms with E-state index in [0.29, 0.717) is 17.1 Å². The molecule has 7 heteroatoms. The van der Waals surface area contributed by atoms with Crippen LogP contribution in [0.2, 0.25) is 0 Å². The number of amides is 2. The zero-order valence-electron chi connectivity index (χ0n) is 17.2. The Morgan fingerprint density at radius 3 is 2.43 bits per heavy atom. The number of aromatic nitrogens is 2. The highest BCUT2D eigenvalue weighted by Gasteiger charge is 2.12. The van der Waals surface area contributed by atoms with Crippen LogP contribution in [0.1, 0.15) is 19.4 Å². The quantitative estimate of drug-likeness (QED) is 0.658. The molecular weight excluding hydrogens is 380 g/mol. The molecule has 0 bridgehead atoms. The molecule has 0 atom stereocenters. The predicted molar refractivity (Wildman–Crippen MR) is 117 cm³/mol. The van der Waals surface area contributed by atoms with Crippen LogP contribution < -0.4 is 16.2 Å². The molecule has 2 amide bonds. The smallest absolute Gasteiger partial charge is 0.267 e. The van der Waals surface area contributed by atoms with Gasteiger partial charge in [-0.25, -0.2) is 4.68 Å². The molecule has 0 saturated heterocycles. The molecule has 0 spiro atoms. The Morgan fingerprint density at radius 2 is 1.73 bits per heavy atom. The van der Waals surface area contributed by atoms with Crippen LogP contribution in [-0.2, 0) is 16.1 Å². The van der Waals surface area contributed by atoms with Crippen LogP contribution in [0.3, 0.4) is 0 Å². The second-order valence-electron chi connectivity index (χ2n) is 7.30. The van der Waals surface area contributed by atoms with Crippen molar-refractivity contribution in [2.45, 2.75) is 27.3 Å². The van der Waals surface area contributed by atoms with Gasteiger partial charge < -0.3 is 10.6 Å². The van der Waals surface area contributed by atoms with Crippen molar-refractivity contribution in [1.29, 1.82) is 0 Å². The maximum absolute atomic E-state index is 12.6. The third-order valence-corrected chi connectivity index (χ3v) is 4.53. The third-order valence-electron chi connectivity index (χ3n) is 4.53. The van der Waals surface area contributed by atoms with Gasteiger partial charge in [0.05, 0.1) is 5.69 Å². The van der Waals surface area contributed by atoms with Crippen LogP contribution in [-0.4, -0.2) is 21.6 Å². The number of nitrogens with one attached hydrogen (secondary N) is 2. The van der Waals surface area contributed by atoms with Gasteiger partial charge in [0.15, 0.2) is 0 Å². The molecule has 0 unspecified atom stereocenters. The first-order valence-corrected chi connectivity index (χ1v) is 9.68. The van der Waals surface area contributed by atoms with Crippen LogP contribution >= 0.6 is 0 Å². The largest absolute Gasteiger partial charge is 0.326 e. The Labute approximate surface area is 174 Å². The van der Waals surface area contributed by atoms with Crippen molar-refractivity contribution in [2.75, 3.05) is 10.6 Å². The van der Waals surface area contributed by atoms with E-state index in [-0.39, 0.29) is 29.8 Å². The second-order valence-corrected chi connectivity index (χ2v) is 7.30. The molecule has 3 rings (SSSR count). The van der Waals surface area contributed by atoms with Gasteiger partial charge in [-0.15, -0.1) is 0 Å². The Morgan fingerprint density at radius 1 is 1.00 bits per heavy atom. The van der Waals surface area contributed by atoms with Gasteiger partial charge in [0, 0.05) is 28.9 Å². The number of nitrogens with zero attached hydrogens (tertiary/aromatic N) is 2. The molecule has 2 N–H and O–H groups in total. The molecule has 0 fully saturated rings. The van der Waals surface area contributed by atoms with Crippen molar-refractivity contribution in [3.05, 3.63) is 76.6 Å². The van der Waals surface area contributed by atoms with Gasteiger partial charge in [-0.3, -0.25) is 14.4 Å². The summed E-state index contributed by atoms with van der Waals surface area (Å²) in [7, 11) is 0. The number of anilines is 2. The van der Waals surface area contributed by atoms with Gasteiger partial charge in [0.1, 0.15) is 6.54 Å². The molecule has 7 nitrogen and oxygen atoms in total. The number of carbonyl (C=O) groups excluding carboxylic acids is 2. The van der Waals surface area contributed by atoms with E-state index < -0.39 is 0 Å². The van der Waals surface area contributed by atoms with Gasteiger partial charge in [-0.05, 0) is 30.7 Å². The van der Waals surface area contributed by atoms with Gasteiger partial charge in [0.2, 0.25) is 11.8 Å². The molecule has 154 valence electrons. The number of hydrogen-bond donors (Lipinski definition) is 2. The van der Waals surface area contributed by atoms with Crippen molar-refractivity contribution in [1.82, 2.24) is 9.78 Å². The number of aryl methyl sites for hydroxylation is 1. The van der Waals surface area contributed by atoms with E-state index in [1.807, 2.05) is 43.3 Å². The molecule has 30 heavy (non-hydrogen) atoms. The molecule has 3 aromatic rings. The fraction of sp³-hybridized carbons (Fsp3) is 0.217. The van der Waals surface area contributed by atoms with Gasteiger partial charge in [0.25, 0.3) is 5.56 Å². The standard InChI is InChI=1S/C23H24N4O3/c1-15(2)23(30)24-18-10-9-16(3)20(13-18)25-21(28)14-27-22(29)12-11-19(26-27)17-7-5-4-6-8-17/h4-13,15H,14H2,1-3H3,(H,24,30)(H,25,28). The van der Waals surface area contributed by atoms with Crippen molar-refractivity contribution in [3.8, 4) is 11.3 Å². The molecule has 1 aromatic heterocycles. The summed E-state index contributed by atoms with van der Waals surface area (Å²) in [5.74, 6) is -0.644. The summed E-state index contributed by atoms with van der Waals surface area (Å²) < 4.78 is 1.14. The Balaban J connectivity index is 1.76. The first-order chi connectivity index (χ1) is 14.3. The van der Waals surface area contributed by atoms with E-state index in [2.05, 4.69) is 15.7 Å². The molecule has 0 saturated carbocycles. The lowest BCUT2D eigenvalue weighted by atomic mass is 10.1. The number of rotatable bonds is 6. The Kier molecular flexibility index (Phi) is 6.41. The van der Waals surface area contributed by atoms with Gasteiger partial charge in [-0.2, -0.15) is 5.10 Å². The highest BCUT2D eigenvalue weighted by atomic mass is 16.2. The highest BCUT2D eigenvalue weighted by Crippen LogP contribution is 2.21. The molecular formula is C23H24N4O3. The molecule has 0 radical (unpaired) electrons. The minimum Gasteiger partial charge on any atom is -0.326 e. The zero-order chi connectivity index (χ0) is 21.7. The van der Waals surface area contributed by atoms with E-state index in [1.54, 1.807) is 32.0 Å². The van der Waals surface area contributed by atoms with E-state index in [0.717, 1.165) is 15.8 Å². The number of benzene rings is 2. The van der Waals surface area contributed by atoms with Crippen LogP contribution in [0.5, 0.6) is 0 Å². The molecule has 2 aromatic carbocycles. The lowest BCUT2D eigenvalue weighted by Crippen LogP contribution is -2.29. The summed E-state index contributed by atoms with van der Waals surface area (Å²) >= 11 is 0. The number of carbonyl (C=O) groups is 2. The highest BCUT2D eigenvalue weighted by molar-refractivity contribution is 5.95. The first kappa shape index (κ1) is 21.0. The van der Waals surface area contributed by atoms with E-state index >= 15 is 0 Å². The monoisotopic (exact) mass is 404 g/mol. The first-order valence-electron chi connectivity index (χ1n) is 9.68. The summed E-state index contributed by atoms with van der Waals surface area (Å²) in [4.78, 5) is 36.7. The minimum atomic E-state index is -0.384. The van der Waals surface area contributed by atoms with Gasteiger partial charge >= 0.3 is 0 Å². The fourth-order valence-corrected chi connectivity index (χ4v) is 2.77.